The maximum atomic E-state index is 12.0. The van der Waals surface area contributed by atoms with Crippen molar-refractivity contribution in [3.63, 3.8) is 0 Å². The van der Waals surface area contributed by atoms with Gasteiger partial charge < -0.3 is 10.2 Å². The van der Waals surface area contributed by atoms with Gasteiger partial charge in [-0.05, 0) is 6.92 Å². The van der Waals surface area contributed by atoms with Gasteiger partial charge in [0.15, 0.2) is 0 Å². The summed E-state index contributed by atoms with van der Waals surface area (Å²) in [7, 11) is 0. The zero-order valence-electron chi connectivity index (χ0n) is 7.90. The first-order valence-electron chi connectivity index (χ1n) is 4.47. The minimum atomic E-state index is -4.20. The number of carbonyl (C=O) groups excluding carboxylic acids is 1. The van der Waals surface area contributed by atoms with Gasteiger partial charge in [0.1, 0.15) is 0 Å². The molecule has 1 unspecified atom stereocenters. The molecular formula is C8H13F3N2O. The molecule has 1 heterocycles. The average Bonchev–Trinajstić information content (AvgIpc) is 2.01. The third-order valence-electron chi connectivity index (χ3n) is 2.18. The van der Waals surface area contributed by atoms with E-state index in [0.29, 0.717) is 13.1 Å². The van der Waals surface area contributed by atoms with Crippen molar-refractivity contribution in [3.05, 3.63) is 0 Å². The molecule has 1 amide bonds. The highest BCUT2D eigenvalue weighted by Gasteiger charge is 2.34. The van der Waals surface area contributed by atoms with Gasteiger partial charge in [-0.2, -0.15) is 13.2 Å². The lowest BCUT2D eigenvalue weighted by molar-refractivity contribution is -0.154. The molecule has 1 fully saturated rings. The van der Waals surface area contributed by atoms with Crippen LogP contribution in [0, 0.1) is 0 Å². The maximum Gasteiger partial charge on any atom is 0.391 e. The molecule has 0 aromatic carbocycles. The molecule has 1 atom stereocenters. The summed E-state index contributed by atoms with van der Waals surface area (Å²) in [6, 6.07) is -0.760. The minimum absolute atomic E-state index is 0.141. The fraction of sp³-hybridized carbons (Fsp3) is 0.875. The van der Waals surface area contributed by atoms with E-state index in [1.807, 2.05) is 0 Å². The van der Waals surface area contributed by atoms with Crippen molar-refractivity contribution >= 4 is 5.91 Å². The van der Waals surface area contributed by atoms with Crippen LogP contribution in [0.3, 0.4) is 0 Å². The van der Waals surface area contributed by atoms with Crippen LogP contribution in [-0.4, -0.2) is 42.7 Å². The Balaban J connectivity index is 2.50. The Labute approximate surface area is 80.3 Å². The van der Waals surface area contributed by atoms with Crippen molar-refractivity contribution in [2.45, 2.75) is 25.6 Å². The third-order valence-corrected chi connectivity index (χ3v) is 2.18. The van der Waals surface area contributed by atoms with Gasteiger partial charge in [0.25, 0.3) is 0 Å². The molecule has 1 rings (SSSR count). The van der Waals surface area contributed by atoms with E-state index >= 15 is 0 Å². The number of hydrogen-bond donors (Lipinski definition) is 1. The number of nitrogens with zero attached hydrogens (tertiary/aromatic N) is 1. The molecule has 0 bridgehead atoms. The maximum absolute atomic E-state index is 12.0. The largest absolute Gasteiger partial charge is 0.391 e. The second kappa shape index (κ2) is 4.16. The van der Waals surface area contributed by atoms with Crippen LogP contribution in [0.2, 0.25) is 0 Å². The molecular weight excluding hydrogens is 197 g/mol. The molecule has 6 heteroatoms. The van der Waals surface area contributed by atoms with E-state index in [1.165, 1.54) is 11.8 Å². The zero-order valence-corrected chi connectivity index (χ0v) is 7.90. The first-order valence-corrected chi connectivity index (χ1v) is 4.47. The van der Waals surface area contributed by atoms with Gasteiger partial charge in [-0.25, -0.2) is 0 Å². The van der Waals surface area contributed by atoms with Gasteiger partial charge in [0, 0.05) is 19.1 Å². The molecule has 1 aliphatic heterocycles. The molecule has 0 spiro atoms. The molecule has 14 heavy (non-hydrogen) atoms. The topological polar surface area (TPSA) is 32.3 Å². The first-order chi connectivity index (χ1) is 6.40. The van der Waals surface area contributed by atoms with E-state index in [1.54, 1.807) is 0 Å². The molecule has 82 valence electrons. The average molecular weight is 210 g/mol. The molecule has 0 aliphatic carbocycles. The monoisotopic (exact) mass is 210 g/mol. The van der Waals surface area contributed by atoms with Gasteiger partial charge in [0.2, 0.25) is 5.91 Å². The highest BCUT2D eigenvalue weighted by atomic mass is 19.4. The molecule has 3 nitrogen and oxygen atoms in total. The highest BCUT2D eigenvalue weighted by Crippen LogP contribution is 2.24. The van der Waals surface area contributed by atoms with E-state index in [4.69, 9.17) is 0 Å². The number of alkyl halides is 3. The summed E-state index contributed by atoms with van der Waals surface area (Å²) in [6.07, 6.45) is -5.14. The van der Waals surface area contributed by atoms with Crippen molar-refractivity contribution in [1.29, 1.82) is 0 Å². The van der Waals surface area contributed by atoms with E-state index in [0.717, 1.165) is 0 Å². The van der Waals surface area contributed by atoms with Crippen LogP contribution in [0.4, 0.5) is 13.2 Å². The molecule has 1 saturated heterocycles. The number of piperazine rings is 1. The number of nitrogens with one attached hydrogen (secondary N) is 1. The summed E-state index contributed by atoms with van der Waals surface area (Å²) in [6.45, 7) is 2.49. The fourth-order valence-corrected chi connectivity index (χ4v) is 1.53. The minimum Gasteiger partial charge on any atom is -0.337 e. The quantitative estimate of drug-likeness (QED) is 0.729. The number of amides is 1. The molecule has 1 N–H and O–H groups in total. The SMILES string of the molecule is CC(CC(F)(F)F)N1CCNCC1=O. The van der Waals surface area contributed by atoms with Crippen LogP contribution >= 0.6 is 0 Å². The Morgan fingerprint density at radius 1 is 1.57 bits per heavy atom. The number of rotatable bonds is 2. The van der Waals surface area contributed by atoms with Crippen molar-refractivity contribution in [1.82, 2.24) is 10.2 Å². The van der Waals surface area contributed by atoms with Crippen molar-refractivity contribution in [3.8, 4) is 0 Å². The normalized spacial score (nSPS) is 21.1. The second-order valence-electron chi connectivity index (χ2n) is 3.43. The van der Waals surface area contributed by atoms with E-state index in [2.05, 4.69) is 5.32 Å². The van der Waals surface area contributed by atoms with Crippen LogP contribution in [-0.2, 0) is 4.79 Å². The van der Waals surface area contributed by atoms with Crippen LogP contribution in [0.25, 0.3) is 0 Å². The lowest BCUT2D eigenvalue weighted by Crippen LogP contribution is -2.52. The van der Waals surface area contributed by atoms with Crippen LogP contribution in [0.5, 0.6) is 0 Å². The standard InChI is InChI=1S/C8H13F3N2O/c1-6(4-8(9,10)11)13-3-2-12-5-7(13)14/h6,12H,2-5H2,1H3. The van der Waals surface area contributed by atoms with E-state index < -0.39 is 18.6 Å². The summed E-state index contributed by atoms with van der Waals surface area (Å²) in [5.74, 6) is -0.256. The Bertz CT molecular complexity index is 217. The van der Waals surface area contributed by atoms with Gasteiger partial charge in [0.05, 0.1) is 13.0 Å². The number of halogens is 3. The molecule has 0 radical (unpaired) electrons. The molecule has 0 saturated carbocycles. The van der Waals surface area contributed by atoms with Gasteiger partial charge >= 0.3 is 6.18 Å². The first kappa shape index (κ1) is 11.3. The van der Waals surface area contributed by atoms with Crippen molar-refractivity contribution in [2.75, 3.05) is 19.6 Å². The van der Waals surface area contributed by atoms with Gasteiger partial charge in [-0.1, -0.05) is 0 Å². The van der Waals surface area contributed by atoms with Gasteiger partial charge in [-0.3, -0.25) is 4.79 Å². The van der Waals surface area contributed by atoms with Crippen molar-refractivity contribution < 1.29 is 18.0 Å². The smallest absolute Gasteiger partial charge is 0.337 e. The highest BCUT2D eigenvalue weighted by molar-refractivity contribution is 5.79. The number of hydrogen-bond acceptors (Lipinski definition) is 2. The van der Waals surface area contributed by atoms with E-state index in [-0.39, 0.29) is 12.5 Å². The Hall–Kier alpha value is -0.780. The molecule has 0 aromatic rings. The van der Waals surface area contributed by atoms with Gasteiger partial charge in [-0.15, -0.1) is 0 Å². The zero-order chi connectivity index (χ0) is 10.8. The predicted molar refractivity (Wildman–Crippen MR) is 44.7 cm³/mol. The lowest BCUT2D eigenvalue weighted by Gasteiger charge is -2.33. The van der Waals surface area contributed by atoms with Crippen LogP contribution < -0.4 is 5.32 Å². The Kier molecular flexibility index (Phi) is 3.36. The summed E-state index contributed by atoms with van der Waals surface area (Å²) in [5.41, 5.74) is 0. The summed E-state index contributed by atoms with van der Waals surface area (Å²) >= 11 is 0. The lowest BCUT2D eigenvalue weighted by atomic mass is 10.1. The Morgan fingerprint density at radius 2 is 2.21 bits per heavy atom. The van der Waals surface area contributed by atoms with Crippen LogP contribution in [0.1, 0.15) is 13.3 Å². The summed E-state index contributed by atoms with van der Waals surface area (Å²) < 4.78 is 36.1. The molecule has 0 aromatic heterocycles. The van der Waals surface area contributed by atoms with Crippen LogP contribution in [0.15, 0.2) is 0 Å². The fourth-order valence-electron chi connectivity index (χ4n) is 1.53. The summed E-state index contributed by atoms with van der Waals surface area (Å²) in [4.78, 5) is 12.5. The second-order valence-corrected chi connectivity index (χ2v) is 3.43. The predicted octanol–water partition coefficient (Wildman–Crippen LogP) is 0.759. The van der Waals surface area contributed by atoms with Crippen molar-refractivity contribution in [2.24, 2.45) is 0 Å². The number of carbonyl (C=O) groups is 1. The van der Waals surface area contributed by atoms with E-state index in [9.17, 15) is 18.0 Å². The molecule has 1 aliphatic rings. The Morgan fingerprint density at radius 3 is 2.71 bits per heavy atom. The third kappa shape index (κ3) is 3.17. The summed E-state index contributed by atoms with van der Waals surface area (Å²) in [5, 5.41) is 2.81.